The first kappa shape index (κ1) is 15.6. The number of nitrogens with one attached hydrogen (secondary N) is 1. The average Bonchev–Trinajstić information content (AvgIpc) is 2.68. The minimum absolute atomic E-state index is 0.102. The van der Waals surface area contributed by atoms with Gasteiger partial charge < -0.3 is 10.3 Å². The summed E-state index contributed by atoms with van der Waals surface area (Å²) in [7, 11) is 0. The first-order valence-corrected chi connectivity index (χ1v) is 6.63. The van der Waals surface area contributed by atoms with Gasteiger partial charge in [-0.15, -0.1) is 0 Å². The first-order valence-electron chi connectivity index (χ1n) is 6.63. The van der Waals surface area contributed by atoms with Gasteiger partial charge in [-0.2, -0.15) is 4.98 Å². The molecule has 0 saturated heterocycles. The van der Waals surface area contributed by atoms with Crippen molar-refractivity contribution >= 4 is 11.9 Å². The number of hydrogen-bond acceptors (Lipinski definition) is 5. The number of carbonyl (C=O) groups is 1. The van der Waals surface area contributed by atoms with E-state index < -0.39 is 0 Å². The third-order valence-electron chi connectivity index (χ3n) is 3.23. The highest BCUT2D eigenvalue weighted by Gasteiger charge is 2.24. The van der Waals surface area contributed by atoms with E-state index in [1.165, 1.54) is 0 Å². The van der Waals surface area contributed by atoms with E-state index in [2.05, 4.69) is 36.2 Å². The second-order valence-corrected chi connectivity index (χ2v) is 5.87. The van der Waals surface area contributed by atoms with Gasteiger partial charge in [-0.3, -0.25) is 10.1 Å². The van der Waals surface area contributed by atoms with Crippen LogP contribution in [0.3, 0.4) is 0 Å². The van der Waals surface area contributed by atoms with Gasteiger partial charge >= 0.3 is 6.01 Å². The standard InChI is InChI=1S/C13H24N4O2/c1-9-15-12(19-17-9)16-11(18)6-5-10(7-8-14)13(2,3)4/h10H,5-8,14H2,1-4H3,(H,15,16,17,18). The highest BCUT2D eigenvalue weighted by Crippen LogP contribution is 2.32. The molecule has 6 nitrogen and oxygen atoms in total. The molecular weight excluding hydrogens is 244 g/mol. The van der Waals surface area contributed by atoms with Crippen LogP contribution in [0.15, 0.2) is 4.52 Å². The summed E-state index contributed by atoms with van der Waals surface area (Å²) in [6.45, 7) is 8.87. The van der Waals surface area contributed by atoms with Crippen LogP contribution in [-0.2, 0) is 4.79 Å². The lowest BCUT2D eigenvalue weighted by molar-refractivity contribution is -0.116. The van der Waals surface area contributed by atoms with Crippen LogP contribution < -0.4 is 11.1 Å². The van der Waals surface area contributed by atoms with Gasteiger partial charge in [0.25, 0.3) is 0 Å². The number of rotatable bonds is 6. The smallest absolute Gasteiger partial charge is 0.328 e. The van der Waals surface area contributed by atoms with Crippen LogP contribution in [0, 0.1) is 18.3 Å². The predicted molar refractivity (Wildman–Crippen MR) is 73.5 cm³/mol. The number of anilines is 1. The second kappa shape index (κ2) is 6.65. The fraction of sp³-hybridized carbons (Fsp3) is 0.769. The van der Waals surface area contributed by atoms with Crippen molar-refractivity contribution < 1.29 is 9.32 Å². The maximum absolute atomic E-state index is 11.8. The first-order chi connectivity index (χ1) is 8.82. The molecule has 1 rings (SSSR count). The number of aryl methyl sites for hydroxylation is 1. The Kier molecular flexibility index (Phi) is 5.47. The summed E-state index contributed by atoms with van der Waals surface area (Å²) in [6, 6.07) is 0.161. The third kappa shape index (κ3) is 5.38. The summed E-state index contributed by atoms with van der Waals surface area (Å²) < 4.78 is 4.84. The van der Waals surface area contributed by atoms with Crippen LogP contribution in [0.2, 0.25) is 0 Å². The molecule has 0 aliphatic carbocycles. The van der Waals surface area contributed by atoms with Crippen LogP contribution in [0.1, 0.15) is 45.9 Å². The number of nitrogens with zero attached hydrogens (tertiary/aromatic N) is 2. The summed E-state index contributed by atoms with van der Waals surface area (Å²) >= 11 is 0. The minimum Gasteiger partial charge on any atom is -0.330 e. The number of carbonyl (C=O) groups excluding carboxylic acids is 1. The number of aromatic nitrogens is 2. The minimum atomic E-state index is -0.102. The summed E-state index contributed by atoms with van der Waals surface area (Å²) in [5.74, 6) is 0.827. The molecule has 1 heterocycles. The molecule has 1 amide bonds. The molecule has 0 radical (unpaired) electrons. The summed E-state index contributed by atoms with van der Waals surface area (Å²) in [4.78, 5) is 15.7. The number of amides is 1. The quantitative estimate of drug-likeness (QED) is 0.824. The summed E-state index contributed by atoms with van der Waals surface area (Å²) in [5.41, 5.74) is 5.78. The molecule has 1 atom stereocenters. The molecule has 0 saturated carbocycles. The van der Waals surface area contributed by atoms with Crippen molar-refractivity contribution in [1.82, 2.24) is 10.1 Å². The summed E-state index contributed by atoms with van der Waals surface area (Å²) in [6.07, 6.45) is 2.17. The Morgan fingerprint density at radius 3 is 2.58 bits per heavy atom. The molecule has 0 aliphatic rings. The third-order valence-corrected chi connectivity index (χ3v) is 3.23. The molecule has 6 heteroatoms. The lowest BCUT2D eigenvalue weighted by Crippen LogP contribution is -2.25. The Bertz CT molecular complexity index is 409. The lowest BCUT2D eigenvalue weighted by atomic mass is 9.76. The highest BCUT2D eigenvalue weighted by molar-refractivity contribution is 5.88. The van der Waals surface area contributed by atoms with Crippen molar-refractivity contribution in [3.63, 3.8) is 0 Å². The number of hydrogen-bond donors (Lipinski definition) is 2. The van der Waals surface area contributed by atoms with E-state index in [1.807, 2.05) is 0 Å². The van der Waals surface area contributed by atoms with E-state index in [0.717, 1.165) is 12.8 Å². The number of nitrogens with two attached hydrogens (primary N) is 1. The Hall–Kier alpha value is -1.43. The van der Waals surface area contributed by atoms with Gasteiger partial charge in [0.05, 0.1) is 0 Å². The van der Waals surface area contributed by atoms with E-state index in [4.69, 9.17) is 10.3 Å². The van der Waals surface area contributed by atoms with Gasteiger partial charge in [0.1, 0.15) is 0 Å². The predicted octanol–water partition coefficient (Wildman–Crippen LogP) is 2.11. The van der Waals surface area contributed by atoms with Crippen LogP contribution in [0.25, 0.3) is 0 Å². The zero-order chi connectivity index (χ0) is 14.5. The largest absolute Gasteiger partial charge is 0.330 e. The van der Waals surface area contributed by atoms with Gasteiger partial charge in [0.2, 0.25) is 5.91 Å². The van der Waals surface area contributed by atoms with Gasteiger partial charge in [0, 0.05) is 6.42 Å². The Labute approximate surface area is 114 Å². The molecule has 19 heavy (non-hydrogen) atoms. The van der Waals surface area contributed by atoms with Crippen molar-refractivity contribution in [2.75, 3.05) is 11.9 Å². The van der Waals surface area contributed by atoms with Gasteiger partial charge in [0.15, 0.2) is 5.82 Å². The van der Waals surface area contributed by atoms with Gasteiger partial charge in [-0.25, -0.2) is 0 Å². The average molecular weight is 268 g/mol. The maximum Gasteiger partial charge on any atom is 0.328 e. The molecule has 3 N–H and O–H groups in total. The van der Waals surface area contributed by atoms with Crippen molar-refractivity contribution in [2.45, 2.75) is 47.0 Å². The molecule has 1 aromatic rings. The van der Waals surface area contributed by atoms with Crippen LogP contribution in [0.4, 0.5) is 6.01 Å². The van der Waals surface area contributed by atoms with Gasteiger partial charge in [-0.05, 0) is 37.6 Å². The molecule has 0 aliphatic heterocycles. The zero-order valence-electron chi connectivity index (χ0n) is 12.2. The Morgan fingerprint density at radius 1 is 1.42 bits per heavy atom. The second-order valence-electron chi connectivity index (χ2n) is 5.87. The maximum atomic E-state index is 11.8. The molecule has 0 aromatic carbocycles. The fourth-order valence-electron chi connectivity index (χ4n) is 2.05. The molecule has 0 spiro atoms. The van der Waals surface area contributed by atoms with Gasteiger partial charge in [-0.1, -0.05) is 25.9 Å². The fourth-order valence-corrected chi connectivity index (χ4v) is 2.05. The molecule has 1 unspecified atom stereocenters. The molecule has 0 fully saturated rings. The topological polar surface area (TPSA) is 94.0 Å². The highest BCUT2D eigenvalue weighted by atomic mass is 16.5. The Morgan fingerprint density at radius 2 is 2.11 bits per heavy atom. The van der Waals surface area contributed by atoms with Crippen molar-refractivity contribution in [2.24, 2.45) is 17.1 Å². The Balaban J connectivity index is 2.43. The van der Waals surface area contributed by atoms with E-state index >= 15 is 0 Å². The molecular formula is C13H24N4O2. The summed E-state index contributed by atoms with van der Waals surface area (Å²) in [5, 5.41) is 6.22. The normalized spacial score (nSPS) is 13.3. The molecule has 0 bridgehead atoms. The van der Waals surface area contributed by atoms with Crippen molar-refractivity contribution in [3.05, 3.63) is 5.82 Å². The monoisotopic (exact) mass is 268 g/mol. The van der Waals surface area contributed by atoms with Crippen LogP contribution >= 0.6 is 0 Å². The zero-order valence-corrected chi connectivity index (χ0v) is 12.2. The van der Waals surface area contributed by atoms with Crippen molar-refractivity contribution in [3.8, 4) is 0 Å². The molecule has 1 aromatic heterocycles. The molecule has 108 valence electrons. The van der Waals surface area contributed by atoms with E-state index in [1.54, 1.807) is 6.92 Å². The van der Waals surface area contributed by atoms with Crippen LogP contribution in [-0.4, -0.2) is 22.6 Å². The van der Waals surface area contributed by atoms with E-state index in [-0.39, 0.29) is 17.3 Å². The van der Waals surface area contributed by atoms with E-state index in [0.29, 0.717) is 24.7 Å². The van der Waals surface area contributed by atoms with Crippen LogP contribution in [0.5, 0.6) is 0 Å². The SMILES string of the molecule is Cc1noc(NC(=O)CCC(CCN)C(C)(C)C)n1. The van der Waals surface area contributed by atoms with Crippen molar-refractivity contribution in [1.29, 1.82) is 0 Å². The lowest BCUT2D eigenvalue weighted by Gasteiger charge is -2.30. The van der Waals surface area contributed by atoms with E-state index in [9.17, 15) is 4.79 Å².